The molecule has 2 N–H and O–H groups in total. The molecule has 0 aliphatic carbocycles. The molecule has 0 radical (unpaired) electrons. The predicted molar refractivity (Wildman–Crippen MR) is 102 cm³/mol. The summed E-state index contributed by atoms with van der Waals surface area (Å²) in [6, 6.07) is 7.71. The molecule has 0 saturated carbocycles. The normalized spacial score (nSPS) is 10.5. The lowest BCUT2D eigenvalue weighted by atomic mass is 10.2. The number of nitrogens with zero attached hydrogens (tertiary/aromatic N) is 3. The molecule has 0 aliphatic heterocycles. The van der Waals surface area contributed by atoms with Gasteiger partial charge in [-0.05, 0) is 18.2 Å². The zero-order valence-electron chi connectivity index (χ0n) is 14.3. The number of methoxy groups -OCH3 is 1. The summed E-state index contributed by atoms with van der Waals surface area (Å²) in [7, 11) is 1.35. The number of fused-ring (bicyclic) bond motifs is 1. The molecule has 3 aromatic rings. The van der Waals surface area contributed by atoms with E-state index in [0.29, 0.717) is 33.1 Å². The van der Waals surface area contributed by atoms with E-state index in [1.807, 2.05) is 0 Å². The largest absolute Gasteiger partial charge is 0.490 e. The van der Waals surface area contributed by atoms with Crippen molar-refractivity contribution in [1.29, 1.82) is 0 Å². The Morgan fingerprint density at radius 1 is 1.26 bits per heavy atom. The van der Waals surface area contributed by atoms with Crippen molar-refractivity contribution in [2.45, 2.75) is 6.92 Å². The molecule has 1 aromatic heterocycles. The van der Waals surface area contributed by atoms with Crippen molar-refractivity contribution in [3.05, 3.63) is 51.8 Å². The molecule has 1 amide bonds. The summed E-state index contributed by atoms with van der Waals surface area (Å²) in [5, 5.41) is 17.8. The van der Waals surface area contributed by atoms with Gasteiger partial charge in [0.2, 0.25) is 5.91 Å². The molecule has 0 atom stereocenters. The summed E-state index contributed by atoms with van der Waals surface area (Å²) in [4.78, 5) is 30.3. The molecule has 1 heterocycles. The minimum absolute atomic E-state index is 0.0998. The number of anilines is 3. The standard InChI is InChI=1S/C17H14ClN5O4/c1-9(24)21-10-3-4-12(18)14(5-10)22-17-11-6-15(23(25)26)16(27-2)7-13(11)19-8-20-17/h3-8H,1-2H3,(H,21,24)(H,19,20,22). The zero-order chi connectivity index (χ0) is 19.6. The lowest BCUT2D eigenvalue weighted by Crippen LogP contribution is -2.06. The second-order valence-corrected chi connectivity index (χ2v) is 5.93. The van der Waals surface area contributed by atoms with Gasteiger partial charge < -0.3 is 15.4 Å². The smallest absolute Gasteiger partial charge is 0.311 e. The van der Waals surface area contributed by atoms with E-state index < -0.39 is 4.92 Å². The fourth-order valence-corrected chi connectivity index (χ4v) is 2.67. The summed E-state index contributed by atoms with van der Waals surface area (Å²) in [5.41, 5.74) is 1.27. The van der Waals surface area contributed by atoms with Crippen LogP contribution in [0.4, 0.5) is 22.9 Å². The van der Waals surface area contributed by atoms with Gasteiger partial charge in [0.05, 0.1) is 33.6 Å². The molecule has 10 heteroatoms. The second kappa shape index (κ2) is 7.42. The first-order chi connectivity index (χ1) is 12.9. The molecule has 138 valence electrons. The average Bonchev–Trinajstić information content (AvgIpc) is 2.63. The van der Waals surface area contributed by atoms with Crippen LogP contribution in [-0.4, -0.2) is 27.9 Å². The van der Waals surface area contributed by atoms with Crippen LogP contribution >= 0.6 is 11.6 Å². The van der Waals surface area contributed by atoms with Gasteiger partial charge in [-0.25, -0.2) is 9.97 Å². The van der Waals surface area contributed by atoms with Crippen LogP contribution in [0.15, 0.2) is 36.7 Å². The number of nitro groups is 1. The van der Waals surface area contributed by atoms with Gasteiger partial charge in [0.25, 0.3) is 0 Å². The molecule has 0 fully saturated rings. The third-order valence-corrected chi connectivity index (χ3v) is 4.00. The van der Waals surface area contributed by atoms with Gasteiger partial charge in [-0.2, -0.15) is 0 Å². The third kappa shape index (κ3) is 3.87. The molecule has 3 rings (SSSR count). The highest BCUT2D eigenvalue weighted by molar-refractivity contribution is 6.33. The van der Waals surface area contributed by atoms with Crippen LogP contribution in [0.1, 0.15) is 6.92 Å². The van der Waals surface area contributed by atoms with E-state index in [1.165, 1.54) is 32.5 Å². The summed E-state index contributed by atoms with van der Waals surface area (Å²) in [5.74, 6) is 0.203. The molecule has 27 heavy (non-hydrogen) atoms. The number of rotatable bonds is 5. The molecule has 0 saturated heterocycles. The summed E-state index contributed by atoms with van der Waals surface area (Å²) in [6.45, 7) is 1.39. The number of hydrogen-bond donors (Lipinski definition) is 2. The van der Waals surface area contributed by atoms with Crippen LogP contribution in [-0.2, 0) is 4.79 Å². The number of nitro benzene ring substituents is 1. The van der Waals surface area contributed by atoms with E-state index in [2.05, 4.69) is 20.6 Å². The van der Waals surface area contributed by atoms with E-state index in [-0.39, 0.29) is 17.3 Å². The predicted octanol–water partition coefficient (Wildman–Crippen LogP) is 3.90. The highest BCUT2D eigenvalue weighted by atomic mass is 35.5. The number of carbonyl (C=O) groups is 1. The van der Waals surface area contributed by atoms with Gasteiger partial charge in [-0.1, -0.05) is 11.6 Å². The number of benzene rings is 2. The first-order valence-electron chi connectivity index (χ1n) is 7.70. The quantitative estimate of drug-likeness (QED) is 0.503. The van der Waals surface area contributed by atoms with E-state index in [0.717, 1.165) is 0 Å². The molecule has 0 aliphatic rings. The number of halogens is 1. The van der Waals surface area contributed by atoms with Crippen LogP contribution < -0.4 is 15.4 Å². The fraction of sp³-hybridized carbons (Fsp3) is 0.118. The number of carbonyl (C=O) groups excluding carboxylic acids is 1. The zero-order valence-corrected chi connectivity index (χ0v) is 15.1. The van der Waals surface area contributed by atoms with E-state index in [9.17, 15) is 14.9 Å². The monoisotopic (exact) mass is 387 g/mol. The molecule has 0 bridgehead atoms. The van der Waals surface area contributed by atoms with Gasteiger partial charge in [0, 0.05) is 24.7 Å². The van der Waals surface area contributed by atoms with Crippen molar-refractivity contribution in [3.8, 4) is 5.75 Å². The Morgan fingerprint density at radius 3 is 2.70 bits per heavy atom. The minimum Gasteiger partial charge on any atom is -0.490 e. The van der Waals surface area contributed by atoms with Gasteiger partial charge >= 0.3 is 5.69 Å². The Morgan fingerprint density at radius 2 is 2.04 bits per heavy atom. The Bertz CT molecular complexity index is 1060. The van der Waals surface area contributed by atoms with Crippen molar-refractivity contribution in [1.82, 2.24) is 9.97 Å². The Balaban J connectivity index is 2.09. The van der Waals surface area contributed by atoms with Crippen molar-refractivity contribution in [3.63, 3.8) is 0 Å². The summed E-state index contributed by atoms with van der Waals surface area (Å²) in [6.07, 6.45) is 1.32. The summed E-state index contributed by atoms with van der Waals surface area (Å²) < 4.78 is 5.06. The Kier molecular flexibility index (Phi) is 5.04. The van der Waals surface area contributed by atoms with Crippen LogP contribution in [0.2, 0.25) is 5.02 Å². The molecular formula is C17H14ClN5O4. The fourth-order valence-electron chi connectivity index (χ4n) is 2.51. The molecule has 0 unspecified atom stereocenters. The van der Waals surface area contributed by atoms with Gasteiger partial charge in [-0.15, -0.1) is 0 Å². The topological polar surface area (TPSA) is 119 Å². The third-order valence-electron chi connectivity index (χ3n) is 3.67. The van der Waals surface area contributed by atoms with Crippen molar-refractivity contribution < 1.29 is 14.5 Å². The first kappa shape index (κ1) is 18.3. The van der Waals surface area contributed by atoms with Gasteiger partial charge in [0.1, 0.15) is 12.1 Å². The summed E-state index contributed by atoms with van der Waals surface area (Å²) >= 11 is 6.22. The number of ether oxygens (including phenoxy) is 1. The number of nitrogens with one attached hydrogen (secondary N) is 2. The van der Waals surface area contributed by atoms with Gasteiger partial charge in [0.15, 0.2) is 5.75 Å². The first-order valence-corrected chi connectivity index (χ1v) is 8.08. The van der Waals surface area contributed by atoms with Crippen LogP contribution in [0.5, 0.6) is 5.75 Å². The van der Waals surface area contributed by atoms with Crippen molar-refractivity contribution >= 4 is 51.3 Å². The van der Waals surface area contributed by atoms with Crippen LogP contribution in [0.25, 0.3) is 10.9 Å². The van der Waals surface area contributed by atoms with Crippen molar-refractivity contribution in [2.24, 2.45) is 0 Å². The number of hydrogen-bond acceptors (Lipinski definition) is 7. The van der Waals surface area contributed by atoms with E-state index in [4.69, 9.17) is 16.3 Å². The maximum atomic E-state index is 11.3. The SMILES string of the molecule is COc1cc2ncnc(Nc3cc(NC(C)=O)ccc3Cl)c2cc1[N+](=O)[O-]. The van der Waals surface area contributed by atoms with Crippen LogP contribution in [0.3, 0.4) is 0 Å². The minimum atomic E-state index is -0.542. The highest BCUT2D eigenvalue weighted by Crippen LogP contribution is 2.35. The Hall–Kier alpha value is -3.46. The average molecular weight is 388 g/mol. The molecular weight excluding hydrogens is 374 g/mol. The molecule has 2 aromatic carbocycles. The van der Waals surface area contributed by atoms with E-state index in [1.54, 1.807) is 18.2 Å². The lowest BCUT2D eigenvalue weighted by molar-refractivity contribution is -0.385. The number of aromatic nitrogens is 2. The maximum Gasteiger partial charge on any atom is 0.311 e. The molecule has 9 nitrogen and oxygen atoms in total. The highest BCUT2D eigenvalue weighted by Gasteiger charge is 2.19. The number of amides is 1. The molecule has 0 spiro atoms. The Labute approximate surface area is 158 Å². The van der Waals surface area contributed by atoms with Gasteiger partial charge in [-0.3, -0.25) is 14.9 Å². The van der Waals surface area contributed by atoms with Crippen LogP contribution in [0, 0.1) is 10.1 Å². The lowest BCUT2D eigenvalue weighted by Gasteiger charge is -2.12. The maximum absolute atomic E-state index is 11.3. The van der Waals surface area contributed by atoms with E-state index >= 15 is 0 Å². The van der Waals surface area contributed by atoms with Crippen molar-refractivity contribution in [2.75, 3.05) is 17.7 Å². The second-order valence-electron chi connectivity index (χ2n) is 5.52.